The summed E-state index contributed by atoms with van der Waals surface area (Å²) in [5.74, 6) is 0. The molecule has 22 heavy (non-hydrogen) atoms. The minimum atomic E-state index is -0.427. The predicted molar refractivity (Wildman–Crippen MR) is 89.1 cm³/mol. The Morgan fingerprint density at radius 3 is 2.77 bits per heavy atom. The normalized spacial score (nSPS) is 19.6. The topological polar surface area (TPSA) is 50.8 Å². The Kier molecular flexibility index (Phi) is 8.49. The highest BCUT2D eigenvalue weighted by molar-refractivity contribution is 5.68. The molecular weight excluding hydrogens is 280 g/mol. The predicted octanol–water partition coefficient (Wildman–Crippen LogP) is 2.96. The molecule has 1 rings (SSSR count). The van der Waals surface area contributed by atoms with Gasteiger partial charge in [-0.1, -0.05) is 6.08 Å². The number of nitrogens with zero attached hydrogens (tertiary/aromatic N) is 1. The molecule has 1 aliphatic rings. The van der Waals surface area contributed by atoms with Gasteiger partial charge < -0.3 is 19.7 Å². The van der Waals surface area contributed by atoms with E-state index < -0.39 is 5.60 Å². The van der Waals surface area contributed by atoms with Crippen LogP contribution in [0.4, 0.5) is 4.79 Å². The van der Waals surface area contributed by atoms with E-state index in [0.29, 0.717) is 6.04 Å². The van der Waals surface area contributed by atoms with E-state index in [9.17, 15) is 4.79 Å². The molecule has 0 aromatic rings. The molecular formula is C17H32N2O3. The molecule has 1 amide bonds. The van der Waals surface area contributed by atoms with E-state index in [-0.39, 0.29) is 6.09 Å². The molecule has 0 spiro atoms. The molecule has 5 heteroatoms. The van der Waals surface area contributed by atoms with E-state index in [1.807, 2.05) is 31.7 Å². The molecule has 1 unspecified atom stereocenters. The molecule has 1 heterocycles. The number of ether oxygens (including phenoxy) is 2. The lowest BCUT2D eigenvalue weighted by Gasteiger charge is -2.26. The first-order valence-electron chi connectivity index (χ1n) is 8.32. The Morgan fingerprint density at radius 1 is 1.32 bits per heavy atom. The zero-order valence-electron chi connectivity index (χ0n) is 14.4. The van der Waals surface area contributed by atoms with Crippen LogP contribution >= 0.6 is 0 Å². The van der Waals surface area contributed by atoms with Crippen LogP contribution in [0.1, 0.15) is 46.5 Å². The monoisotopic (exact) mass is 312 g/mol. The van der Waals surface area contributed by atoms with Crippen molar-refractivity contribution in [2.75, 3.05) is 32.8 Å². The van der Waals surface area contributed by atoms with Gasteiger partial charge in [-0.3, -0.25) is 0 Å². The van der Waals surface area contributed by atoms with E-state index in [2.05, 4.69) is 11.9 Å². The minimum absolute atomic E-state index is 0.194. The van der Waals surface area contributed by atoms with Gasteiger partial charge in [0.15, 0.2) is 0 Å². The molecule has 1 saturated heterocycles. The van der Waals surface area contributed by atoms with E-state index in [1.54, 1.807) is 0 Å². The third-order valence-electron chi connectivity index (χ3n) is 3.53. The molecule has 0 aromatic heterocycles. The molecule has 5 nitrogen and oxygen atoms in total. The molecule has 0 saturated carbocycles. The Morgan fingerprint density at radius 2 is 2.09 bits per heavy atom. The quantitative estimate of drug-likeness (QED) is 0.580. The summed E-state index contributed by atoms with van der Waals surface area (Å²) in [5, 5.41) is 3.52. The summed E-state index contributed by atoms with van der Waals surface area (Å²) >= 11 is 0. The van der Waals surface area contributed by atoms with Gasteiger partial charge in [0, 0.05) is 25.7 Å². The highest BCUT2D eigenvalue weighted by Crippen LogP contribution is 2.15. The molecule has 0 aromatic carbocycles. The third-order valence-corrected chi connectivity index (χ3v) is 3.53. The zero-order valence-corrected chi connectivity index (χ0v) is 14.4. The van der Waals surface area contributed by atoms with E-state index >= 15 is 0 Å². The van der Waals surface area contributed by atoms with E-state index in [1.165, 1.54) is 0 Å². The highest BCUT2D eigenvalue weighted by Gasteiger charge is 2.24. The maximum Gasteiger partial charge on any atom is 0.410 e. The first-order valence-corrected chi connectivity index (χ1v) is 8.32. The number of amides is 1. The molecule has 0 aliphatic carbocycles. The van der Waals surface area contributed by atoms with Gasteiger partial charge in [0.05, 0.1) is 13.2 Å². The van der Waals surface area contributed by atoms with Gasteiger partial charge in [-0.2, -0.15) is 0 Å². The van der Waals surface area contributed by atoms with Crippen molar-refractivity contribution in [2.45, 2.75) is 58.1 Å². The van der Waals surface area contributed by atoms with Crippen molar-refractivity contribution in [1.82, 2.24) is 10.2 Å². The van der Waals surface area contributed by atoms with Crippen LogP contribution < -0.4 is 5.32 Å². The largest absolute Gasteiger partial charge is 0.444 e. The number of carbonyl (C=O) groups is 1. The second-order valence-electron chi connectivity index (χ2n) is 6.74. The lowest BCUT2D eigenvalue weighted by Crippen LogP contribution is -2.38. The van der Waals surface area contributed by atoms with Crippen LogP contribution in [0, 0.1) is 0 Å². The maximum atomic E-state index is 12.1. The number of hydrogen-bond acceptors (Lipinski definition) is 4. The number of nitrogens with one attached hydrogen (secondary N) is 1. The first kappa shape index (κ1) is 19.0. The van der Waals surface area contributed by atoms with Crippen LogP contribution in [0.15, 0.2) is 12.7 Å². The van der Waals surface area contributed by atoms with Crippen LogP contribution in [0.2, 0.25) is 0 Å². The zero-order chi connectivity index (χ0) is 16.4. The lowest BCUT2D eigenvalue weighted by atomic mass is 10.1. The Hall–Kier alpha value is -1.07. The maximum absolute atomic E-state index is 12.1. The van der Waals surface area contributed by atoms with Crippen LogP contribution in [-0.2, 0) is 9.47 Å². The fourth-order valence-electron chi connectivity index (χ4n) is 2.41. The summed E-state index contributed by atoms with van der Waals surface area (Å²) in [6.07, 6.45) is 5.63. The second kappa shape index (κ2) is 9.85. The van der Waals surface area contributed by atoms with Crippen LogP contribution in [0.5, 0.6) is 0 Å². The van der Waals surface area contributed by atoms with Gasteiger partial charge in [-0.05, 0) is 46.5 Å². The Bertz CT molecular complexity index is 339. The van der Waals surface area contributed by atoms with Crippen molar-refractivity contribution in [3.05, 3.63) is 12.7 Å². The fourth-order valence-corrected chi connectivity index (χ4v) is 2.41. The van der Waals surface area contributed by atoms with Crippen molar-refractivity contribution >= 4 is 6.09 Å². The summed E-state index contributed by atoms with van der Waals surface area (Å²) in [7, 11) is 0. The molecule has 1 aliphatic heterocycles. The van der Waals surface area contributed by atoms with Gasteiger partial charge in [0.25, 0.3) is 0 Å². The molecule has 128 valence electrons. The van der Waals surface area contributed by atoms with Crippen LogP contribution in [0.3, 0.4) is 0 Å². The standard InChI is InChI=1S/C17H32N2O3/c1-5-6-13-21-14-10-18-15-8-7-11-19(12-9-15)16(20)22-17(2,3)4/h5,15,18H,1,6-14H2,2-4H3. The lowest BCUT2D eigenvalue weighted by molar-refractivity contribution is 0.0256. The van der Waals surface area contributed by atoms with Crippen LogP contribution in [-0.4, -0.2) is 55.5 Å². The number of likely N-dealkylation sites (tertiary alicyclic amines) is 1. The van der Waals surface area contributed by atoms with Crippen molar-refractivity contribution in [3.8, 4) is 0 Å². The summed E-state index contributed by atoms with van der Waals surface area (Å²) in [4.78, 5) is 13.9. The van der Waals surface area contributed by atoms with Crippen molar-refractivity contribution in [1.29, 1.82) is 0 Å². The third kappa shape index (κ3) is 8.39. The smallest absolute Gasteiger partial charge is 0.410 e. The van der Waals surface area contributed by atoms with Crippen molar-refractivity contribution < 1.29 is 14.3 Å². The average Bonchev–Trinajstić information content (AvgIpc) is 2.66. The Labute approximate surface area is 135 Å². The molecule has 0 bridgehead atoms. The van der Waals surface area contributed by atoms with Crippen LogP contribution in [0.25, 0.3) is 0 Å². The van der Waals surface area contributed by atoms with Gasteiger partial charge >= 0.3 is 6.09 Å². The molecule has 1 fully saturated rings. The van der Waals surface area contributed by atoms with Gasteiger partial charge in [0.2, 0.25) is 0 Å². The Balaban J connectivity index is 2.22. The minimum Gasteiger partial charge on any atom is -0.444 e. The number of carbonyl (C=O) groups excluding carboxylic acids is 1. The van der Waals surface area contributed by atoms with Gasteiger partial charge in [-0.15, -0.1) is 6.58 Å². The molecule has 1 N–H and O–H groups in total. The highest BCUT2D eigenvalue weighted by atomic mass is 16.6. The molecule has 0 radical (unpaired) electrons. The second-order valence-corrected chi connectivity index (χ2v) is 6.74. The summed E-state index contributed by atoms with van der Waals surface area (Å²) in [5.41, 5.74) is -0.427. The van der Waals surface area contributed by atoms with Gasteiger partial charge in [0.1, 0.15) is 5.60 Å². The summed E-state index contributed by atoms with van der Waals surface area (Å²) in [6, 6.07) is 0.454. The number of hydrogen-bond donors (Lipinski definition) is 1. The fraction of sp³-hybridized carbons (Fsp3) is 0.824. The SMILES string of the molecule is C=CCCOCCNC1CCCN(C(=O)OC(C)(C)C)CC1. The van der Waals surface area contributed by atoms with Gasteiger partial charge in [-0.25, -0.2) is 4.79 Å². The summed E-state index contributed by atoms with van der Waals surface area (Å²) in [6.45, 7) is 13.2. The number of rotatable bonds is 7. The summed E-state index contributed by atoms with van der Waals surface area (Å²) < 4.78 is 10.9. The molecule has 1 atom stereocenters. The first-order chi connectivity index (χ1) is 10.4. The van der Waals surface area contributed by atoms with E-state index in [4.69, 9.17) is 9.47 Å². The van der Waals surface area contributed by atoms with E-state index in [0.717, 1.165) is 58.5 Å². The average molecular weight is 312 g/mol. The van der Waals surface area contributed by atoms with Crippen molar-refractivity contribution in [3.63, 3.8) is 0 Å². The van der Waals surface area contributed by atoms with Crippen molar-refractivity contribution in [2.24, 2.45) is 0 Å².